The average Bonchev–Trinajstić information content (AvgIpc) is 2.71. The lowest BCUT2D eigenvalue weighted by Gasteiger charge is -2.34. The summed E-state index contributed by atoms with van der Waals surface area (Å²) in [5, 5.41) is 3.42. The molecule has 2 aliphatic heterocycles. The van der Waals surface area contributed by atoms with Crippen molar-refractivity contribution in [3.8, 4) is 0 Å². The fourth-order valence-electron chi connectivity index (χ4n) is 4.13. The molecule has 0 spiro atoms. The van der Waals surface area contributed by atoms with E-state index in [4.69, 9.17) is 4.74 Å². The highest BCUT2D eigenvalue weighted by Crippen LogP contribution is 2.45. The molecule has 118 valence electrons. The number of rotatable bonds is 4. The van der Waals surface area contributed by atoms with Gasteiger partial charge in [0, 0.05) is 12.0 Å². The Balaban J connectivity index is 2.05. The Morgan fingerprint density at radius 2 is 1.95 bits per heavy atom. The summed E-state index contributed by atoms with van der Waals surface area (Å²) in [5.41, 5.74) is -0.250. The van der Waals surface area contributed by atoms with Gasteiger partial charge in [0.25, 0.3) is 0 Å². The first-order valence-electron chi connectivity index (χ1n) is 7.62. The van der Waals surface area contributed by atoms with Crippen molar-refractivity contribution in [2.75, 3.05) is 18.6 Å². The molecule has 0 saturated carbocycles. The number of sulfone groups is 1. The van der Waals surface area contributed by atoms with Crippen molar-refractivity contribution in [2.24, 2.45) is 11.8 Å². The third-order valence-corrected chi connectivity index (χ3v) is 6.75. The molecule has 2 fully saturated rings. The Morgan fingerprint density at radius 1 is 1.30 bits per heavy atom. The van der Waals surface area contributed by atoms with Crippen LogP contribution in [0.4, 0.5) is 0 Å². The van der Waals surface area contributed by atoms with E-state index >= 15 is 0 Å². The Morgan fingerprint density at radius 3 is 2.35 bits per heavy atom. The summed E-state index contributed by atoms with van der Waals surface area (Å²) in [6.07, 6.45) is 2.77. The highest BCUT2D eigenvalue weighted by molar-refractivity contribution is 7.91. The van der Waals surface area contributed by atoms with Gasteiger partial charge in [-0.15, -0.1) is 0 Å². The first kappa shape index (κ1) is 16.2. The summed E-state index contributed by atoms with van der Waals surface area (Å²) < 4.78 is 29.4. The van der Waals surface area contributed by atoms with Crippen LogP contribution in [0.3, 0.4) is 0 Å². The summed E-state index contributed by atoms with van der Waals surface area (Å²) in [5.74, 6) is 1.45. The second-order valence-corrected chi connectivity index (χ2v) is 9.90. The summed E-state index contributed by atoms with van der Waals surface area (Å²) in [7, 11) is -0.802. The van der Waals surface area contributed by atoms with Gasteiger partial charge in [-0.2, -0.15) is 0 Å². The highest BCUT2D eigenvalue weighted by atomic mass is 32.2. The SMILES string of the molecule is CNC(CC1CCS(=O)(=O)C1)C1CC(C)(C)OC1(C)C. The van der Waals surface area contributed by atoms with Crippen molar-refractivity contribution >= 4 is 9.84 Å². The van der Waals surface area contributed by atoms with E-state index in [2.05, 4.69) is 33.0 Å². The minimum atomic E-state index is -2.78. The van der Waals surface area contributed by atoms with Crippen LogP contribution in [0, 0.1) is 11.8 Å². The summed E-state index contributed by atoms with van der Waals surface area (Å²) in [4.78, 5) is 0. The van der Waals surface area contributed by atoms with E-state index in [1.165, 1.54) is 0 Å². The third kappa shape index (κ3) is 3.55. The van der Waals surface area contributed by atoms with Crippen molar-refractivity contribution in [1.29, 1.82) is 0 Å². The number of ether oxygens (including phenoxy) is 1. The van der Waals surface area contributed by atoms with E-state index in [9.17, 15) is 8.42 Å². The molecule has 0 amide bonds. The average molecular weight is 303 g/mol. The monoisotopic (exact) mass is 303 g/mol. The van der Waals surface area contributed by atoms with Crippen LogP contribution in [0.2, 0.25) is 0 Å². The highest BCUT2D eigenvalue weighted by Gasteiger charge is 2.49. The Labute approximate surface area is 123 Å². The fraction of sp³-hybridized carbons (Fsp3) is 1.00. The first-order chi connectivity index (χ1) is 9.05. The van der Waals surface area contributed by atoms with Crippen LogP contribution in [0.25, 0.3) is 0 Å². The number of hydrogen-bond acceptors (Lipinski definition) is 4. The molecule has 5 heteroatoms. The van der Waals surface area contributed by atoms with E-state index in [1.807, 2.05) is 7.05 Å². The van der Waals surface area contributed by atoms with E-state index in [0.29, 0.717) is 29.4 Å². The number of nitrogens with one attached hydrogen (secondary N) is 1. The molecule has 3 unspecified atom stereocenters. The van der Waals surface area contributed by atoms with Crippen molar-refractivity contribution in [2.45, 2.75) is 64.2 Å². The summed E-state index contributed by atoms with van der Waals surface area (Å²) >= 11 is 0. The molecular weight excluding hydrogens is 274 g/mol. The third-order valence-electron chi connectivity index (χ3n) is 4.91. The molecule has 3 atom stereocenters. The van der Waals surface area contributed by atoms with Crippen LogP contribution in [-0.4, -0.2) is 44.2 Å². The van der Waals surface area contributed by atoms with Crippen LogP contribution >= 0.6 is 0 Å². The smallest absolute Gasteiger partial charge is 0.150 e. The standard InChI is InChI=1S/C15H29NO3S/c1-14(2)9-12(15(3,4)19-14)13(16-5)8-11-6-7-20(17,18)10-11/h11-13,16H,6-10H2,1-5H3. The van der Waals surface area contributed by atoms with Gasteiger partial charge in [0.15, 0.2) is 9.84 Å². The largest absolute Gasteiger partial charge is 0.369 e. The lowest BCUT2D eigenvalue weighted by Crippen LogP contribution is -2.44. The zero-order valence-electron chi connectivity index (χ0n) is 13.4. The second-order valence-electron chi connectivity index (χ2n) is 7.68. The molecule has 2 heterocycles. The van der Waals surface area contributed by atoms with Crippen molar-refractivity contribution in [1.82, 2.24) is 5.32 Å². The van der Waals surface area contributed by atoms with Gasteiger partial charge in [-0.1, -0.05) is 0 Å². The molecule has 0 aromatic rings. The number of hydrogen-bond donors (Lipinski definition) is 1. The van der Waals surface area contributed by atoms with Gasteiger partial charge in [-0.3, -0.25) is 0 Å². The summed E-state index contributed by atoms with van der Waals surface area (Å²) in [6.45, 7) is 8.59. The van der Waals surface area contributed by atoms with Crippen molar-refractivity contribution in [3.05, 3.63) is 0 Å². The molecule has 0 bridgehead atoms. The molecule has 0 aliphatic carbocycles. The maximum absolute atomic E-state index is 11.6. The molecule has 2 rings (SSSR count). The predicted octanol–water partition coefficient (Wildman–Crippen LogP) is 1.99. The summed E-state index contributed by atoms with van der Waals surface area (Å²) in [6, 6.07) is 0.324. The van der Waals surface area contributed by atoms with E-state index < -0.39 is 9.84 Å². The fourth-order valence-corrected chi connectivity index (χ4v) is 6.01. The minimum Gasteiger partial charge on any atom is -0.369 e. The lowest BCUT2D eigenvalue weighted by molar-refractivity contribution is -0.0780. The maximum atomic E-state index is 11.6. The van der Waals surface area contributed by atoms with E-state index in [1.54, 1.807) is 0 Å². The lowest BCUT2D eigenvalue weighted by atomic mass is 9.78. The molecule has 2 saturated heterocycles. The molecule has 0 aromatic heterocycles. The maximum Gasteiger partial charge on any atom is 0.150 e. The minimum absolute atomic E-state index is 0.0922. The molecular formula is C15H29NO3S. The van der Waals surface area contributed by atoms with E-state index in [0.717, 1.165) is 19.3 Å². The molecule has 2 aliphatic rings. The van der Waals surface area contributed by atoms with Gasteiger partial charge in [-0.25, -0.2) is 8.42 Å². The van der Waals surface area contributed by atoms with Crippen LogP contribution < -0.4 is 5.32 Å². The molecule has 0 radical (unpaired) electrons. The van der Waals surface area contributed by atoms with E-state index in [-0.39, 0.29) is 11.2 Å². The Bertz CT molecular complexity index is 456. The molecule has 1 N–H and O–H groups in total. The van der Waals surface area contributed by atoms with Gasteiger partial charge in [0.2, 0.25) is 0 Å². The van der Waals surface area contributed by atoms with Crippen molar-refractivity contribution < 1.29 is 13.2 Å². The zero-order chi connectivity index (χ0) is 15.2. The predicted molar refractivity (Wildman–Crippen MR) is 81.6 cm³/mol. The van der Waals surface area contributed by atoms with Gasteiger partial charge in [-0.05, 0) is 59.9 Å². The van der Waals surface area contributed by atoms with Crippen LogP contribution in [0.15, 0.2) is 0 Å². The Kier molecular flexibility index (Phi) is 4.27. The normalized spacial score (nSPS) is 36.0. The quantitative estimate of drug-likeness (QED) is 0.863. The molecule has 20 heavy (non-hydrogen) atoms. The molecule has 0 aromatic carbocycles. The van der Waals surface area contributed by atoms with Gasteiger partial charge >= 0.3 is 0 Å². The molecule has 4 nitrogen and oxygen atoms in total. The van der Waals surface area contributed by atoms with Gasteiger partial charge < -0.3 is 10.1 Å². The van der Waals surface area contributed by atoms with Gasteiger partial charge in [0.1, 0.15) is 0 Å². The Hall–Kier alpha value is -0.130. The zero-order valence-corrected chi connectivity index (χ0v) is 14.2. The topological polar surface area (TPSA) is 55.4 Å². The van der Waals surface area contributed by atoms with Crippen LogP contribution in [0.5, 0.6) is 0 Å². The first-order valence-corrected chi connectivity index (χ1v) is 9.45. The van der Waals surface area contributed by atoms with Gasteiger partial charge in [0.05, 0.1) is 22.7 Å². The van der Waals surface area contributed by atoms with Crippen LogP contribution in [-0.2, 0) is 14.6 Å². The second kappa shape index (κ2) is 5.25. The van der Waals surface area contributed by atoms with Crippen LogP contribution in [0.1, 0.15) is 47.0 Å². The van der Waals surface area contributed by atoms with Crippen molar-refractivity contribution in [3.63, 3.8) is 0 Å².